The highest BCUT2D eigenvalue weighted by molar-refractivity contribution is 5.83. The first-order valence-electron chi connectivity index (χ1n) is 9.44. The number of rotatable bonds is 4. The molecule has 2 aliphatic heterocycles. The lowest BCUT2D eigenvalue weighted by Gasteiger charge is -2.47. The largest absolute Gasteiger partial charge is 0.361 e. The molecular formula is C21H22N4O2. The summed E-state index contributed by atoms with van der Waals surface area (Å²) in [6.07, 6.45) is 6.24. The summed E-state index contributed by atoms with van der Waals surface area (Å²) in [6, 6.07) is 8.28. The summed E-state index contributed by atoms with van der Waals surface area (Å²) in [5, 5.41) is 1.25. The summed E-state index contributed by atoms with van der Waals surface area (Å²) in [5.74, 6) is 0.962. The van der Waals surface area contributed by atoms with Crippen molar-refractivity contribution in [3.05, 3.63) is 59.3 Å². The Morgan fingerprint density at radius 2 is 2.19 bits per heavy atom. The third kappa shape index (κ3) is 2.72. The topological polar surface area (TPSA) is 71.1 Å². The molecule has 6 heteroatoms. The number of para-hydroxylation sites is 1. The molecule has 0 atom stereocenters. The molecule has 1 spiro atoms. The molecule has 3 aromatic rings. The molecule has 1 saturated heterocycles. The molecule has 0 radical (unpaired) electrons. The van der Waals surface area contributed by atoms with Crippen LogP contribution >= 0.6 is 0 Å². The minimum Gasteiger partial charge on any atom is -0.361 e. The van der Waals surface area contributed by atoms with Crippen molar-refractivity contribution in [1.82, 2.24) is 19.9 Å². The number of hydrogen-bond acceptors (Lipinski definition) is 4. The van der Waals surface area contributed by atoms with Gasteiger partial charge in [0, 0.05) is 35.3 Å². The Labute approximate surface area is 157 Å². The van der Waals surface area contributed by atoms with E-state index in [0.717, 1.165) is 35.4 Å². The number of H-pyrrole nitrogens is 1. The average molecular weight is 362 g/mol. The average Bonchev–Trinajstić information content (AvgIpc) is 3.22. The molecule has 0 aliphatic carbocycles. The molecule has 1 amide bonds. The molecule has 1 aromatic carbocycles. The number of nitrogens with zero attached hydrogens (tertiary/aromatic N) is 3. The maximum absolute atomic E-state index is 12.6. The van der Waals surface area contributed by atoms with Gasteiger partial charge in [0.2, 0.25) is 5.91 Å². The van der Waals surface area contributed by atoms with E-state index >= 15 is 0 Å². The van der Waals surface area contributed by atoms with Crippen LogP contribution in [0, 0.1) is 6.92 Å². The number of aryl methyl sites for hydroxylation is 2. The number of carbonyl (C=O) groups is 1. The van der Waals surface area contributed by atoms with E-state index in [-0.39, 0.29) is 11.5 Å². The third-order valence-corrected chi connectivity index (χ3v) is 5.72. The van der Waals surface area contributed by atoms with E-state index in [1.54, 1.807) is 0 Å². The lowest BCUT2D eigenvalue weighted by molar-refractivity contribution is -0.168. The molecule has 138 valence electrons. The molecule has 1 N–H and O–H groups in total. The number of amides is 1. The van der Waals surface area contributed by atoms with Gasteiger partial charge >= 0.3 is 0 Å². The molecule has 0 saturated carbocycles. The minimum absolute atomic E-state index is 0.200. The fourth-order valence-corrected chi connectivity index (χ4v) is 4.23. The van der Waals surface area contributed by atoms with Crippen molar-refractivity contribution in [2.75, 3.05) is 13.1 Å². The Morgan fingerprint density at radius 1 is 1.33 bits per heavy atom. The van der Waals surface area contributed by atoms with Crippen molar-refractivity contribution < 1.29 is 9.53 Å². The van der Waals surface area contributed by atoms with Gasteiger partial charge in [-0.05, 0) is 31.4 Å². The number of fused-ring (bicyclic) bond motifs is 3. The molecule has 1 fully saturated rings. The fourth-order valence-electron chi connectivity index (χ4n) is 4.23. The van der Waals surface area contributed by atoms with Crippen molar-refractivity contribution in [2.24, 2.45) is 0 Å². The molecule has 2 aromatic heterocycles. The molecule has 4 heterocycles. The van der Waals surface area contributed by atoms with Gasteiger partial charge in [0.25, 0.3) is 0 Å². The van der Waals surface area contributed by atoms with Gasteiger partial charge in [-0.15, -0.1) is 0 Å². The number of carbonyl (C=O) groups excluding carboxylic acids is 1. The van der Waals surface area contributed by atoms with Gasteiger partial charge in [0.05, 0.1) is 25.4 Å². The predicted octanol–water partition coefficient (Wildman–Crippen LogP) is 2.86. The monoisotopic (exact) mass is 362 g/mol. The predicted molar refractivity (Wildman–Crippen MR) is 101 cm³/mol. The third-order valence-electron chi connectivity index (χ3n) is 5.72. The maximum Gasteiger partial charge on any atom is 0.222 e. The van der Waals surface area contributed by atoms with Gasteiger partial charge in [-0.1, -0.05) is 18.2 Å². The van der Waals surface area contributed by atoms with Crippen LogP contribution in [0.1, 0.15) is 35.5 Å². The van der Waals surface area contributed by atoms with Gasteiger partial charge in [0.1, 0.15) is 11.4 Å². The van der Waals surface area contributed by atoms with Gasteiger partial charge in [0.15, 0.2) is 0 Å². The van der Waals surface area contributed by atoms with Crippen molar-refractivity contribution in [3.63, 3.8) is 0 Å². The summed E-state index contributed by atoms with van der Waals surface area (Å²) < 4.78 is 5.99. The number of hydrogen-bond donors (Lipinski definition) is 1. The summed E-state index contributed by atoms with van der Waals surface area (Å²) >= 11 is 0. The second-order valence-corrected chi connectivity index (χ2v) is 7.52. The Kier molecular flexibility index (Phi) is 3.75. The van der Waals surface area contributed by atoms with Gasteiger partial charge < -0.3 is 14.6 Å². The van der Waals surface area contributed by atoms with Crippen LogP contribution in [0.4, 0.5) is 0 Å². The maximum atomic E-state index is 12.6. The standard InChI is InChI=1S/C21H22N4O2/c1-14-22-10-17-19(24-14)11-27-21(17)12-25(13-21)20(26)8-4-5-15-9-23-18-7-3-2-6-16(15)18/h2-3,6-7,9-10,23H,4-5,8,11-13H2,1H3. The number of aromatic amines is 1. The van der Waals surface area contributed by atoms with Gasteiger partial charge in [-0.3, -0.25) is 4.79 Å². The van der Waals surface area contributed by atoms with Crippen LogP contribution in [0.5, 0.6) is 0 Å². The summed E-state index contributed by atoms with van der Waals surface area (Å²) in [5.41, 5.74) is 4.07. The van der Waals surface area contributed by atoms with Gasteiger partial charge in [-0.25, -0.2) is 9.97 Å². The number of ether oxygens (including phenoxy) is 1. The fraction of sp³-hybridized carbons (Fsp3) is 0.381. The highest BCUT2D eigenvalue weighted by atomic mass is 16.5. The SMILES string of the molecule is Cc1ncc2c(n1)COC21CN(C(=O)CCCc2c[nH]c3ccccc23)C1. The van der Waals surface area contributed by atoms with Crippen LogP contribution in [0.15, 0.2) is 36.7 Å². The van der Waals surface area contributed by atoms with E-state index in [1.807, 2.05) is 24.1 Å². The highest BCUT2D eigenvalue weighted by Crippen LogP contribution is 2.42. The smallest absolute Gasteiger partial charge is 0.222 e. The second-order valence-electron chi connectivity index (χ2n) is 7.52. The number of nitrogens with one attached hydrogen (secondary N) is 1. The molecule has 5 rings (SSSR count). The van der Waals surface area contributed by atoms with E-state index in [0.29, 0.717) is 26.1 Å². The van der Waals surface area contributed by atoms with Crippen LogP contribution in [0.2, 0.25) is 0 Å². The normalized spacial score (nSPS) is 17.3. The van der Waals surface area contributed by atoms with E-state index in [2.05, 4.69) is 39.3 Å². The van der Waals surface area contributed by atoms with E-state index in [1.165, 1.54) is 10.9 Å². The van der Waals surface area contributed by atoms with E-state index in [4.69, 9.17) is 4.74 Å². The zero-order valence-electron chi connectivity index (χ0n) is 15.4. The Hall–Kier alpha value is -2.73. The van der Waals surface area contributed by atoms with Crippen molar-refractivity contribution in [1.29, 1.82) is 0 Å². The first-order chi connectivity index (χ1) is 13.1. The molecule has 2 aliphatic rings. The number of benzene rings is 1. The zero-order chi connectivity index (χ0) is 18.4. The molecule has 6 nitrogen and oxygen atoms in total. The van der Waals surface area contributed by atoms with Crippen LogP contribution in [-0.2, 0) is 28.2 Å². The lowest BCUT2D eigenvalue weighted by Crippen LogP contribution is -2.61. The first-order valence-corrected chi connectivity index (χ1v) is 9.44. The molecular weight excluding hydrogens is 340 g/mol. The van der Waals surface area contributed by atoms with E-state index in [9.17, 15) is 4.79 Å². The lowest BCUT2D eigenvalue weighted by atomic mass is 9.87. The highest BCUT2D eigenvalue weighted by Gasteiger charge is 2.52. The Bertz CT molecular complexity index is 1020. The molecule has 27 heavy (non-hydrogen) atoms. The van der Waals surface area contributed by atoms with Crippen molar-refractivity contribution >= 4 is 16.8 Å². The van der Waals surface area contributed by atoms with Crippen LogP contribution in [0.25, 0.3) is 10.9 Å². The zero-order valence-corrected chi connectivity index (χ0v) is 15.4. The van der Waals surface area contributed by atoms with Crippen LogP contribution < -0.4 is 0 Å². The summed E-state index contributed by atoms with van der Waals surface area (Å²) in [4.78, 5) is 26.5. The van der Waals surface area contributed by atoms with Crippen molar-refractivity contribution in [2.45, 2.75) is 38.4 Å². The molecule has 0 bridgehead atoms. The summed E-state index contributed by atoms with van der Waals surface area (Å²) in [6.45, 7) is 3.62. The van der Waals surface area contributed by atoms with Crippen LogP contribution in [-0.4, -0.2) is 38.8 Å². The minimum atomic E-state index is -0.379. The first kappa shape index (κ1) is 16.4. The number of aromatic nitrogens is 3. The van der Waals surface area contributed by atoms with E-state index < -0.39 is 0 Å². The Morgan fingerprint density at radius 3 is 3.07 bits per heavy atom. The van der Waals surface area contributed by atoms with Crippen LogP contribution in [0.3, 0.4) is 0 Å². The van der Waals surface area contributed by atoms with Gasteiger partial charge in [-0.2, -0.15) is 0 Å². The molecule has 0 unspecified atom stereocenters. The van der Waals surface area contributed by atoms with Crippen molar-refractivity contribution in [3.8, 4) is 0 Å². The quantitative estimate of drug-likeness (QED) is 0.775. The second kappa shape index (κ2) is 6.16. The summed E-state index contributed by atoms with van der Waals surface area (Å²) in [7, 11) is 0. The Balaban J connectivity index is 1.17. The number of likely N-dealkylation sites (tertiary alicyclic amines) is 1.